The van der Waals surface area contributed by atoms with Crippen molar-refractivity contribution in [3.63, 3.8) is 0 Å². The number of rotatable bonds is 1. The Morgan fingerprint density at radius 1 is 1.42 bits per heavy atom. The summed E-state index contributed by atoms with van der Waals surface area (Å²) in [6.45, 7) is 1.83. The van der Waals surface area contributed by atoms with Crippen molar-refractivity contribution in [2.24, 2.45) is 4.99 Å². The smallest absolute Gasteiger partial charge is 0.168 e. The number of carbonyl (C=O) groups excluding carboxylic acids is 1. The lowest BCUT2D eigenvalue weighted by Gasteiger charge is -2.14. The second-order valence-corrected chi connectivity index (χ2v) is 2.88. The first-order chi connectivity index (χ1) is 5.88. The lowest BCUT2D eigenvalue weighted by atomic mass is 10.1. The molecule has 0 aliphatic carbocycles. The van der Waals surface area contributed by atoms with Gasteiger partial charge >= 0.3 is 0 Å². The molecule has 2 aliphatic heterocycles. The predicted octanol–water partition coefficient (Wildman–Crippen LogP) is -0.567. The van der Waals surface area contributed by atoms with E-state index in [0.29, 0.717) is 6.42 Å². The molecule has 0 amide bonds. The molecule has 2 heterocycles. The van der Waals surface area contributed by atoms with Crippen LogP contribution in [-0.4, -0.2) is 31.3 Å². The molecule has 0 aromatic rings. The molecule has 0 radical (unpaired) electrons. The first-order valence-corrected chi connectivity index (χ1v) is 4.09. The number of hydrogen-bond acceptors (Lipinski definition) is 4. The molecule has 0 bridgehead atoms. The highest BCUT2D eigenvalue weighted by Crippen LogP contribution is 2.09. The summed E-state index contributed by atoms with van der Waals surface area (Å²) in [5.41, 5.74) is 0.759. The summed E-state index contributed by atoms with van der Waals surface area (Å²) in [6, 6.07) is 0. The van der Waals surface area contributed by atoms with Gasteiger partial charge in [-0.3, -0.25) is 20.4 Å². The Hall–Kier alpha value is -1.00. The fourth-order valence-corrected chi connectivity index (χ4v) is 1.42. The molecule has 2 N–H and O–H groups in total. The van der Waals surface area contributed by atoms with Crippen molar-refractivity contribution in [3.05, 3.63) is 11.8 Å². The van der Waals surface area contributed by atoms with Gasteiger partial charge in [0.2, 0.25) is 0 Å². The molecular weight excluding hydrogens is 154 g/mol. The average Bonchev–Trinajstić information content (AvgIpc) is 2.57. The van der Waals surface area contributed by atoms with Crippen LogP contribution in [0.5, 0.6) is 0 Å². The third-order valence-corrected chi connectivity index (χ3v) is 2.05. The van der Waals surface area contributed by atoms with Gasteiger partial charge in [-0.1, -0.05) is 0 Å². The van der Waals surface area contributed by atoms with Crippen LogP contribution < -0.4 is 10.6 Å². The molecule has 1 fully saturated rings. The summed E-state index contributed by atoms with van der Waals surface area (Å²) < 4.78 is 0. The SMILES string of the molecule is O=C1CC=NC=C1C1NCCN1. The molecule has 1 saturated heterocycles. The molecule has 0 saturated carbocycles. The standard InChI is InChI=1S/C8H11N3O/c12-7-1-2-9-5-6(7)8-10-3-4-11-8/h2,5,8,10-11H,1,3-4H2. The lowest BCUT2D eigenvalue weighted by molar-refractivity contribution is -0.114. The van der Waals surface area contributed by atoms with Gasteiger partial charge in [0, 0.05) is 37.5 Å². The van der Waals surface area contributed by atoms with Gasteiger partial charge < -0.3 is 0 Å². The van der Waals surface area contributed by atoms with Gasteiger partial charge in [-0.2, -0.15) is 0 Å². The first kappa shape index (κ1) is 7.64. The van der Waals surface area contributed by atoms with Crippen LogP contribution in [0, 0.1) is 0 Å². The van der Waals surface area contributed by atoms with E-state index in [2.05, 4.69) is 15.6 Å². The summed E-state index contributed by atoms with van der Waals surface area (Å²) in [5, 5.41) is 6.37. The minimum absolute atomic E-state index is 0.0231. The van der Waals surface area contributed by atoms with E-state index in [1.54, 1.807) is 12.4 Å². The fourth-order valence-electron chi connectivity index (χ4n) is 1.42. The third-order valence-electron chi connectivity index (χ3n) is 2.05. The zero-order valence-electron chi connectivity index (χ0n) is 6.71. The fraction of sp³-hybridized carbons (Fsp3) is 0.500. The van der Waals surface area contributed by atoms with E-state index < -0.39 is 0 Å². The van der Waals surface area contributed by atoms with Gasteiger partial charge in [-0.05, 0) is 0 Å². The van der Waals surface area contributed by atoms with Gasteiger partial charge in [-0.15, -0.1) is 0 Å². The van der Waals surface area contributed by atoms with E-state index in [-0.39, 0.29) is 11.9 Å². The van der Waals surface area contributed by atoms with Crippen LogP contribution >= 0.6 is 0 Å². The van der Waals surface area contributed by atoms with E-state index in [4.69, 9.17) is 0 Å². The highest BCUT2D eigenvalue weighted by molar-refractivity contribution is 6.05. The van der Waals surface area contributed by atoms with Crippen LogP contribution in [-0.2, 0) is 4.79 Å². The van der Waals surface area contributed by atoms with Crippen molar-refractivity contribution in [1.82, 2.24) is 10.6 Å². The number of Topliss-reactive ketones (excluding diaryl/α,β-unsaturated/α-hetero) is 1. The van der Waals surface area contributed by atoms with E-state index in [1.165, 1.54) is 0 Å². The van der Waals surface area contributed by atoms with Crippen molar-refractivity contribution < 1.29 is 4.79 Å². The largest absolute Gasteiger partial charge is 0.297 e. The van der Waals surface area contributed by atoms with Crippen molar-refractivity contribution in [3.8, 4) is 0 Å². The van der Waals surface area contributed by atoms with Gasteiger partial charge in [0.25, 0.3) is 0 Å². The van der Waals surface area contributed by atoms with E-state index in [9.17, 15) is 4.79 Å². The van der Waals surface area contributed by atoms with E-state index in [1.807, 2.05) is 0 Å². The first-order valence-electron chi connectivity index (χ1n) is 4.09. The molecule has 0 aromatic carbocycles. The van der Waals surface area contributed by atoms with Crippen LogP contribution in [0.25, 0.3) is 0 Å². The zero-order valence-corrected chi connectivity index (χ0v) is 6.71. The quantitative estimate of drug-likeness (QED) is 0.547. The number of aliphatic imine (C=N–C) groups is 1. The number of hydrogen-bond donors (Lipinski definition) is 2. The molecule has 0 aromatic heterocycles. The molecule has 4 nitrogen and oxygen atoms in total. The molecule has 0 atom stereocenters. The second-order valence-electron chi connectivity index (χ2n) is 2.88. The number of nitrogens with one attached hydrogen (secondary N) is 2. The Kier molecular flexibility index (Phi) is 2.01. The Labute approximate surface area is 70.7 Å². The molecule has 4 heteroatoms. The van der Waals surface area contributed by atoms with Crippen LogP contribution in [0.4, 0.5) is 0 Å². The molecule has 2 aliphatic rings. The highest BCUT2D eigenvalue weighted by atomic mass is 16.1. The van der Waals surface area contributed by atoms with Crippen LogP contribution in [0.1, 0.15) is 6.42 Å². The predicted molar refractivity (Wildman–Crippen MR) is 46.0 cm³/mol. The summed E-state index contributed by atoms with van der Waals surface area (Å²) in [6.07, 6.45) is 3.74. The summed E-state index contributed by atoms with van der Waals surface area (Å²) >= 11 is 0. The lowest BCUT2D eigenvalue weighted by Crippen LogP contribution is -2.36. The zero-order chi connectivity index (χ0) is 8.39. The number of nitrogens with zero attached hydrogens (tertiary/aromatic N) is 1. The van der Waals surface area contributed by atoms with Gasteiger partial charge in [0.15, 0.2) is 5.78 Å². The highest BCUT2D eigenvalue weighted by Gasteiger charge is 2.23. The van der Waals surface area contributed by atoms with E-state index in [0.717, 1.165) is 18.7 Å². The van der Waals surface area contributed by atoms with Crippen LogP contribution in [0.15, 0.2) is 16.8 Å². The Morgan fingerprint density at radius 2 is 2.17 bits per heavy atom. The number of carbonyl (C=O) groups is 1. The average molecular weight is 165 g/mol. The topological polar surface area (TPSA) is 53.5 Å². The maximum absolute atomic E-state index is 11.3. The second kappa shape index (κ2) is 3.16. The van der Waals surface area contributed by atoms with E-state index >= 15 is 0 Å². The molecule has 12 heavy (non-hydrogen) atoms. The molecule has 0 unspecified atom stereocenters. The van der Waals surface area contributed by atoms with Gasteiger partial charge in [0.05, 0.1) is 6.17 Å². The minimum atomic E-state index is 0.0231. The van der Waals surface area contributed by atoms with Crippen molar-refractivity contribution in [1.29, 1.82) is 0 Å². The summed E-state index contributed by atoms with van der Waals surface area (Å²) in [4.78, 5) is 15.3. The van der Waals surface area contributed by atoms with Gasteiger partial charge in [-0.25, -0.2) is 0 Å². The molecule has 2 rings (SSSR count). The van der Waals surface area contributed by atoms with Crippen LogP contribution in [0.3, 0.4) is 0 Å². The molecular formula is C8H11N3O. The maximum atomic E-state index is 11.3. The molecule has 64 valence electrons. The Morgan fingerprint density at radius 3 is 2.83 bits per heavy atom. The molecule has 0 spiro atoms. The van der Waals surface area contributed by atoms with Crippen molar-refractivity contribution in [2.75, 3.05) is 13.1 Å². The van der Waals surface area contributed by atoms with Crippen molar-refractivity contribution >= 4 is 12.0 Å². The van der Waals surface area contributed by atoms with Gasteiger partial charge in [0.1, 0.15) is 0 Å². The maximum Gasteiger partial charge on any atom is 0.168 e. The summed E-state index contributed by atoms with van der Waals surface area (Å²) in [5.74, 6) is 0.164. The minimum Gasteiger partial charge on any atom is -0.297 e. The Balaban J connectivity index is 2.14. The van der Waals surface area contributed by atoms with Crippen LogP contribution in [0.2, 0.25) is 0 Å². The Bertz CT molecular complexity index is 251. The summed E-state index contributed by atoms with van der Waals surface area (Å²) in [7, 11) is 0. The van der Waals surface area contributed by atoms with Crippen molar-refractivity contribution in [2.45, 2.75) is 12.6 Å². The normalized spacial score (nSPS) is 24.7. The number of ketones is 1. The third kappa shape index (κ3) is 1.31. The monoisotopic (exact) mass is 165 g/mol.